The zero-order valence-electron chi connectivity index (χ0n) is 8.48. The molecule has 1 aromatic rings. The van der Waals surface area contributed by atoms with Crippen LogP contribution in [0, 0.1) is 11.6 Å². The molecule has 5 nitrogen and oxygen atoms in total. The standard InChI is InChI=1S/C10H9F2NO4/c11-5-2-1-3-6(12)8(5)9(15)13-4-7(14)10(16)17/h1-3,7,14H,4H2,(H,13,15)(H,16,17)/t7-/m0/s1. The summed E-state index contributed by atoms with van der Waals surface area (Å²) in [6.07, 6.45) is -1.83. The number of amides is 1. The Labute approximate surface area is 94.7 Å². The third-order valence-corrected chi connectivity index (χ3v) is 1.93. The number of rotatable bonds is 4. The first-order chi connectivity index (χ1) is 7.93. The van der Waals surface area contributed by atoms with Gasteiger partial charge in [0.25, 0.3) is 5.91 Å². The minimum absolute atomic E-state index is 0.637. The van der Waals surface area contributed by atoms with Crippen molar-refractivity contribution >= 4 is 11.9 Å². The van der Waals surface area contributed by atoms with E-state index in [0.29, 0.717) is 0 Å². The SMILES string of the molecule is O=C(NC[C@H](O)C(=O)O)c1c(F)cccc1F. The Hall–Kier alpha value is -2.02. The quantitative estimate of drug-likeness (QED) is 0.704. The van der Waals surface area contributed by atoms with E-state index in [-0.39, 0.29) is 0 Å². The number of carbonyl (C=O) groups is 2. The van der Waals surface area contributed by atoms with E-state index in [0.717, 1.165) is 18.2 Å². The lowest BCUT2D eigenvalue weighted by molar-refractivity contribution is -0.146. The van der Waals surface area contributed by atoms with Gasteiger partial charge in [-0.2, -0.15) is 0 Å². The third-order valence-electron chi connectivity index (χ3n) is 1.93. The largest absolute Gasteiger partial charge is 0.479 e. The molecule has 0 aromatic heterocycles. The van der Waals surface area contributed by atoms with Crippen molar-refractivity contribution in [3.63, 3.8) is 0 Å². The molecule has 0 aliphatic carbocycles. The number of nitrogens with one attached hydrogen (secondary N) is 1. The van der Waals surface area contributed by atoms with E-state index in [1.54, 1.807) is 0 Å². The second-order valence-electron chi connectivity index (χ2n) is 3.16. The highest BCUT2D eigenvalue weighted by molar-refractivity contribution is 5.95. The summed E-state index contributed by atoms with van der Waals surface area (Å²) in [6, 6.07) is 2.88. The van der Waals surface area contributed by atoms with Crippen molar-refractivity contribution in [2.24, 2.45) is 0 Å². The number of hydrogen-bond acceptors (Lipinski definition) is 3. The number of carboxylic acid groups (broad SMARTS) is 1. The van der Waals surface area contributed by atoms with Gasteiger partial charge in [0.2, 0.25) is 0 Å². The van der Waals surface area contributed by atoms with Crippen molar-refractivity contribution in [1.29, 1.82) is 0 Å². The molecule has 0 fully saturated rings. The van der Waals surface area contributed by atoms with Crippen LogP contribution < -0.4 is 5.32 Å². The van der Waals surface area contributed by atoms with Crippen molar-refractivity contribution in [2.75, 3.05) is 6.54 Å². The maximum absolute atomic E-state index is 13.1. The number of aliphatic carboxylic acids is 1. The van der Waals surface area contributed by atoms with Crippen LogP contribution in [0.1, 0.15) is 10.4 Å². The lowest BCUT2D eigenvalue weighted by atomic mass is 10.2. The van der Waals surface area contributed by atoms with Crippen LogP contribution in [0.15, 0.2) is 18.2 Å². The van der Waals surface area contributed by atoms with Gasteiger partial charge in [-0.05, 0) is 12.1 Å². The molecule has 17 heavy (non-hydrogen) atoms. The highest BCUT2D eigenvalue weighted by Gasteiger charge is 2.19. The van der Waals surface area contributed by atoms with E-state index in [1.165, 1.54) is 0 Å². The minimum Gasteiger partial charge on any atom is -0.479 e. The van der Waals surface area contributed by atoms with Crippen LogP contribution in [0.4, 0.5) is 8.78 Å². The topological polar surface area (TPSA) is 86.6 Å². The van der Waals surface area contributed by atoms with Gasteiger partial charge in [-0.3, -0.25) is 4.79 Å². The molecular formula is C10H9F2NO4. The fraction of sp³-hybridized carbons (Fsp3) is 0.200. The maximum Gasteiger partial charge on any atom is 0.334 e. The van der Waals surface area contributed by atoms with Crippen LogP contribution in [0.3, 0.4) is 0 Å². The Morgan fingerprint density at radius 1 is 1.29 bits per heavy atom. The van der Waals surface area contributed by atoms with Gasteiger partial charge in [0.1, 0.15) is 17.2 Å². The molecule has 92 valence electrons. The Bertz CT molecular complexity index is 430. The number of carbonyl (C=O) groups excluding carboxylic acids is 1. The van der Waals surface area contributed by atoms with Crippen LogP contribution in [-0.2, 0) is 4.79 Å². The average Bonchev–Trinajstić information content (AvgIpc) is 2.25. The zero-order chi connectivity index (χ0) is 13.0. The van der Waals surface area contributed by atoms with Gasteiger partial charge in [-0.25, -0.2) is 13.6 Å². The molecular weight excluding hydrogens is 236 g/mol. The van der Waals surface area contributed by atoms with Crippen LogP contribution in [-0.4, -0.2) is 34.7 Å². The van der Waals surface area contributed by atoms with Gasteiger partial charge in [-0.1, -0.05) is 6.07 Å². The maximum atomic E-state index is 13.1. The second kappa shape index (κ2) is 5.35. The first-order valence-electron chi connectivity index (χ1n) is 4.56. The Morgan fingerprint density at radius 3 is 2.29 bits per heavy atom. The van der Waals surface area contributed by atoms with E-state index in [4.69, 9.17) is 10.2 Å². The molecule has 0 spiro atoms. The average molecular weight is 245 g/mol. The highest BCUT2D eigenvalue weighted by atomic mass is 19.1. The van der Waals surface area contributed by atoms with Crippen LogP contribution in [0.5, 0.6) is 0 Å². The Kier molecular flexibility index (Phi) is 4.11. The number of aliphatic hydroxyl groups excluding tert-OH is 1. The van der Waals surface area contributed by atoms with Crippen molar-refractivity contribution < 1.29 is 28.6 Å². The van der Waals surface area contributed by atoms with Gasteiger partial charge in [0.15, 0.2) is 6.10 Å². The third kappa shape index (κ3) is 3.22. The first kappa shape index (κ1) is 13.0. The molecule has 7 heteroatoms. The molecule has 0 saturated heterocycles. The molecule has 0 heterocycles. The van der Waals surface area contributed by atoms with E-state index >= 15 is 0 Å². The monoisotopic (exact) mass is 245 g/mol. The Balaban J connectivity index is 2.74. The van der Waals surface area contributed by atoms with E-state index < -0.39 is 41.7 Å². The summed E-state index contributed by atoms with van der Waals surface area (Å²) < 4.78 is 26.2. The smallest absolute Gasteiger partial charge is 0.334 e. The van der Waals surface area contributed by atoms with Gasteiger partial charge in [-0.15, -0.1) is 0 Å². The summed E-state index contributed by atoms with van der Waals surface area (Å²) in [6.45, 7) is -0.637. The van der Waals surface area contributed by atoms with E-state index in [1.807, 2.05) is 5.32 Å². The summed E-state index contributed by atoms with van der Waals surface area (Å²) in [5.41, 5.74) is -0.815. The number of hydrogen-bond donors (Lipinski definition) is 3. The number of aliphatic hydroxyl groups is 1. The van der Waals surface area contributed by atoms with Crippen LogP contribution >= 0.6 is 0 Å². The van der Waals surface area contributed by atoms with Crippen molar-refractivity contribution in [3.8, 4) is 0 Å². The number of halogens is 2. The summed E-state index contributed by atoms with van der Waals surface area (Å²) >= 11 is 0. The zero-order valence-corrected chi connectivity index (χ0v) is 8.48. The lowest BCUT2D eigenvalue weighted by Gasteiger charge is -2.08. The predicted octanol–water partition coefficient (Wildman–Crippen LogP) is 0.140. The molecule has 0 bridgehead atoms. The summed E-state index contributed by atoms with van der Waals surface area (Å²) in [7, 11) is 0. The normalized spacial score (nSPS) is 11.9. The number of benzene rings is 1. The molecule has 1 atom stereocenters. The molecule has 1 amide bonds. The van der Waals surface area contributed by atoms with Crippen LogP contribution in [0.25, 0.3) is 0 Å². The highest BCUT2D eigenvalue weighted by Crippen LogP contribution is 2.11. The molecule has 1 rings (SSSR count). The van der Waals surface area contributed by atoms with Crippen molar-refractivity contribution in [1.82, 2.24) is 5.32 Å². The fourth-order valence-corrected chi connectivity index (χ4v) is 1.08. The molecule has 0 aliphatic rings. The van der Waals surface area contributed by atoms with E-state index in [2.05, 4.69) is 0 Å². The van der Waals surface area contributed by atoms with Crippen LogP contribution in [0.2, 0.25) is 0 Å². The van der Waals surface area contributed by atoms with Gasteiger partial charge < -0.3 is 15.5 Å². The predicted molar refractivity (Wildman–Crippen MR) is 52.3 cm³/mol. The summed E-state index contributed by atoms with van der Waals surface area (Å²) in [5.74, 6) is -4.79. The molecule has 0 unspecified atom stereocenters. The first-order valence-corrected chi connectivity index (χ1v) is 4.56. The number of carboxylic acids is 1. The fourth-order valence-electron chi connectivity index (χ4n) is 1.08. The second-order valence-corrected chi connectivity index (χ2v) is 3.16. The molecule has 1 aromatic carbocycles. The molecule has 0 radical (unpaired) electrons. The minimum atomic E-state index is -1.83. The van der Waals surface area contributed by atoms with Crippen molar-refractivity contribution in [2.45, 2.75) is 6.10 Å². The Morgan fingerprint density at radius 2 is 1.82 bits per heavy atom. The molecule has 3 N–H and O–H groups in total. The summed E-state index contributed by atoms with van der Waals surface area (Å²) in [5, 5.41) is 19.1. The lowest BCUT2D eigenvalue weighted by Crippen LogP contribution is -2.37. The molecule has 0 aliphatic heterocycles. The van der Waals surface area contributed by atoms with Gasteiger partial charge >= 0.3 is 5.97 Å². The van der Waals surface area contributed by atoms with Crippen molar-refractivity contribution in [3.05, 3.63) is 35.4 Å². The van der Waals surface area contributed by atoms with Gasteiger partial charge in [0, 0.05) is 0 Å². The van der Waals surface area contributed by atoms with Gasteiger partial charge in [0.05, 0.1) is 6.54 Å². The van der Waals surface area contributed by atoms with E-state index in [9.17, 15) is 18.4 Å². The summed E-state index contributed by atoms with van der Waals surface area (Å²) in [4.78, 5) is 21.6. The molecule has 0 saturated carbocycles.